The maximum Gasteiger partial charge on any atom is 0.190 e. The third-order valence-electron chi connectivity index (χ3n) is 7.14. The van der Waals surface area contributed by atoms with Gasteiger partial charge in [0.2, 0.25) is 0 Å². The zero-order valence-corrected chi connectivity index (χ0v) is 16.3. The van der Waals surface area contributed by atoms with Crippen LogP contribution in [-0.2, 0) is 23.7 Å². The van der Waals surface area contributed by atoms with Gasteiger partial charge in [-0.3, -0.25) is 0 Å². The third kappa shape index (κ3) is 2.66. The number of benzene rings is 1. The van der Waals surface area contributed by atoms with Gasteiger partial charge in [-0.05, 0) is 37.0 Å². The molecular weight excluding hydrogens is 360 g/mol. The van der Waals surface area contributed by atoms with Crippen LogP contribution >= 0.6 is 0 Å². The number of rotatable bonds is 2. The van der Waals surface area contributed by atoms with E-state index < -0.39 is 5.79 Å². The van der Waals surface area contributed by atoms with Crippen LogP contribution in [0.2, 0.25) is 0 Å². The highest BCUT2D eigenvalue weighted by molar-refractivity contribution is 5.30. The Kier molecular flexibility index (Phi) is 4.21. The first-order valence-corrected chi connectivity index (χ1v) is 10.7. The molecule has 1 aromatic carbocycles. The van der Waals surface area contributed by atoms with Crippen LogP contribution in [0.4, 0.5) is 0 Å². The quantitative estimate of drug-likeness (QED) is 0.775. The van der Waals surface area contributed by atoms with Gasteiger partial charge in [-0.15, -0.1) is 0 Å². The summed E-state index contributed by atoms with van der Waals surface area (Å²) >= 11 is 0. The van der Waals surface area contributed by atoms with Crippen molar-refractivity contribution in [3.8, 4) is 5.75 Å². The third-order valence-corrected chi connectivity index (χ3v) is 7.14. The van der Waals surface area contributed by atoms with E-state index in [1.165, 1.54) is 6.42 Å². The second-order valence-electron chi connectivity index (χ2n) is 8.71. The molecule has 1 spiro atoms. The normalized spacial score (nSPS) is 43.5. The van der Waals surface area contributed by atoms with Crippen molar-refractivity contribution >= 4 is 0 Å². The van der Waals surface area contributed by atoms with Gasteiger partial charge in [0, 0.05) is 25.4 Å². The highest BCUT2D eigenvalue weighted by Gasteiger charge is 2.65. The van der Waals surface area contributed by atoms with Crippen LogP contribution in [0.1, 0.15) is 50.2 Å². The molecule has 0 radical (unpaired) electrons. The highest BCUT2D eigenvalue weighted by atomic mass is 16.8. The zero-order valence-electron chi connectivity index (χ0n) is 16.3. The molecule has 0 amide bonds. The van der Waals surface area contributed by atoms with Crippen LogP contribution in [0, 0.1) is 5.92 Å². The Morgan fingerprint density at radius 1 is 0.929 bits per heavy atom. The Hall–Kier alpha value is -1.18. The molecule has 6 heteroatoms. The number of methoxy groups -OCH3 is 1. The lowest BCUT2D eigenvalue weighted by atomic mass is 9.83. The fourth-order valence-corrected chi connectivity index (χ4v) is 5.81. The summed E-state index contributed by atoms with van der Waals surface area (Å²) < 4.78 is 37.2. The number of ether oxygens (including phenoxy) is 6. The van der Waals surface area contributed by atoms with Gasteiger partial charge in [-0.2, -0.15) is 0 Å². The van der Waals surface area contributed by atoms with Crippen molar-refractivity contribution in [1.29, 1.82) is 0 Å². The van der Waals surface area contributed by atoms with E-state index in [0.717, 1.165) is 43.4 Å². The summed E-state index contributed by atoms with van der Waals surface area (Å²) in [4.78, 5) is 0. The summed E-state index contributed by atoms with van der Waals surface area (Å²) in [5.74, 6) is 0.566. The minimum absolute atomic E-state index is 0.0397. The highest BCUT2D eigenvalue weighted by Crippen LogP contribution is 2.53. The van der Waals surface area contributed by atoms with Gasteiger partial charge < -0.3 is 28.4 Å². The van der Waals surface area contributed by atoms with Gasteiger partial charge >= 0.3 is 0 Å². The van der Waals surface area contributed by atoms with Crippen molar-refractivity contribution in [1.82, 2.24) is 0 Å². The topological polar surface area (TPSA) is 55.4 Å². The van der Waals surface area contributed by atoms with E-state index in [9.17, 15) is 0 Å². The van der Waals surface area contributed by atoms with Crippen molar-refractivity contribution in [2.75, 3.05) is 13.7 Å². The minimum atomic E-state index is -0.443. The van der Waals surface area contributed by atoms with Crippen molar-refractivity contribution in [2.24, 2.45) is 5.92 Å². The van der Waals surface area contributed by atoms with E-state index >= 15 is 0 Å². The maximum absolute atomic E-state index is 6.50. The molecule has 0 N–H and O–H groups in total. The van der Waals surface area contributed by atoms with E-state index in [1.54, 1.807) is 7.11 Å². The summed E-state index contributed by atoms with van der Waals surface area (Å²) in [5.41, 5.74) is 1.14. The van der Waals surface area contributed by atoms with Crippen LogP contribution in [0.25, 0.3) is 0 Å². The molecule has 0 bridgehead atoms. The molecule has 7 atom stereocenters. The molecule has 1 aliphatic carbocycles. The van der Waals surface area contributed by atoms with E-state index in [2.05, 4.69) is 12.1 Å². The Balaban J connectivity index is 1.24. The van der Waals surface area contributed by atoms with E-state index in [-0.39, 0.29) is 42.7 Å². The fourth-order valence-electron chi connectivity index (χ4n) is 5.81. The molecule has 4 saturated heterocycles. The Labute approximate surface area is 165 Å². The first-order valence-electron chi connectivity index (χ1n) is 10.7. The van der Waals surface area contributed by atoms with Gasteiger partial charge in [0.1, 0.15) is 18.0 Å². The lowest BCUT2D eigenvalue weighted by Crippen LogP contribution is -2.40. The van der Waals surface area contributed by atoms with Gasteiger partial charge in [0.25, 0.3) is 0 Å². The first kappa shape index (κ1) is 17.7. The van der Waals surface area contributed by atoms with Gasteiger partial charge in [-0.25, -0.2) is 0 Å². The van der Waals surface area contributed by atoms with Crippen molar-refractivity contribution in [3.05, 3.63) is 29.8 Å². The van der Waals surface area contributed by atoms with Gasteiger partial charge in [0.15, 0.2) is 12.1 Å². The lowest BCUT2D eigenvalue weighted by Gasteiger charge is -2.36. The van der Waals surface area contributed by atoms with Crippen molar-refractivity contribution in [2.45, 2.75) is 81.1 Å². The molecular formula is C22H28O6. The molecule has 5 aliphatic rings. The summed E-state index contributed by atoms with van der Waals surface area (Å²) in [6.07, 6.45) is 5.96. The fraction of sp³-hybridized carbons (Fsp3) is 0.727. The van der Waals surface area contributed by atoms with E-state index in [1.807, 2.05) is 12.1 Å². The first-order chi connectivity index (χ1) is 13.8. The predicted octanol–water partition coefficient (Wildman–Crippen LogP) is 3.34. The molecule has 152 valence electrons. The molecule has 6 nitrogen and oxygen atoms in total. The molecule has 1 saturated carbocycles. The average Bonchev–Trinajstić information content (AvgIpc) is 3.36. The van der Waals surface area contributed by atoms with Crippen molar-refractivity contribution < 1.29 is 28.4 Å². The van der Waals surface area contributed by atoms with Gasteiger partial charge in [-0.1, -0.05) is 18.6 Å². The zero-order chi connectivity index (χ0) is 18.7. The average molecular weight is 388 g/mol. The summed E-state index contributed by atoms with van der Waals surface area (Å²) in [5, 5.41) is 0. The van der Waals surface area contributed by atoms with Gasteiger partial charge in [0.05, 0.1) is 25.4 Å². The number of hydrogen-bond acceptors (Lipinski definition) is 6. The molecule has 0 aromatic heterocycles. The Morgan fingerprint density at radius 2 is 1.75 bits per heavy atom. The SMILES string of the molecule is COc1ccc(C2OCCC3OC4C5OC6(CCCCC6)OC5OC4C32)cc1. The molecule has 28 heavy (non-hydrogen) atoms. The second-order valence-corrected chi connectivity index (χ2v) is 8.71. The smallest absolute Gasteiger partial charge is 0.190 e. The second kappa shape index (κ2) is 6.67. The summed E-state index contributed by atoms with van der Waals surface area (Å²) in [6, 6.07) is 8.13. The maximum atomic E-state index is 6.50. The van der Waals surface area contributed by atoms with Crippen LogP contribution in [0.15, 0.2) is 24.3 Å². The van der Waals surface area contributed by atoms with Crippen LogP contribution in [0.5, 0.6) is 5.75 Å². The minimum Gasteiger partial charge on any atom is -0.497 e. The Morgan fingerprint density at radius 3 is 2.54 bits per heavy atom. The molecule has 4 aliphatic heterocycles. The molecule has 4 heterocycles. The largest absolute Gasteiger partial charge is 0.497 e. The number of hydrogen-bond donors (Lipinski definition) is 0. The van der Waals surface area contributed by atoms with E-state index in [0.29, 0.717) is 6.61 Å². The van der Waals surface area contributed by atoms with Crippen LogP contribution in [0.3, 0.4) is 0 Å². The van der Waals surface area contributed by atoms with Crippen LogP contribution in [-0.4, -0.2) is 50.2 Å². The standard InChI is InChI=1S/C22H28O6/c1-23-14-7-5-13(6-8-14)17-16-15(9-12-24-17)25-19-18(16)26-21-20(19)27-22(28-21)10-3-2-4-11-22/h5-8,15-21H,2-4,9-12H2,1H3. The molecule has 5 fully saturated rings. The molecule has 1 aromatic rings. The molecule has 6 rings (SSSR count). The van der Waals surface area contributed by atoms with E-state index in [4.69, 9.17) is 28.4 Å². The monoisotopic (exact) mass is 388 g/mol. The molecule has 7 unspecified atom stereocenters. The lowest BCUT2D eigenvalue weighted by molar-refractivity contribution is -0.245. The van der Waals surface area contributed by atoms with Crippen molar-refractivity contribution in [3.63, 3.8) is 0 Å². The summed E-state index contributed by atoms with van der Waals surface area (Å²) in [6.45, 7) is 0.701. The Bertz CT molecular complexity index is 714. The number of fused-ring (bicyclic) bond motifs is 5. The van der Waals surface area contributed by atoms with Crippen LogP contribution < -0.4 is 4.74 Å². The predicted molar refractivity (Wildman–Crippen MR) is 98.9 cm³/mol. The summed E-state index contributed by atoms with van der Waals surface area (Å²) in [7, 11) is 1.68.